The monoisotopic (exact) mass is 322 g/mol. The van der Waals surface area contributed by atoms with Crippen molar-refractivity contribution in [1.82, 2.24) is 14.3 Å². The van der Waals surface area contributed by atoms with Crippen molar-refractivity contribution < 1.29 is 9.53 Å². The van der Waals surface area contributed by atoms with E-state index >= 15 is 0 Å². The fraction of sp³-hybridized carbons (Fsp3) is 0.308. The van der Waals surface area contributed by atoms with Gasteiger partial charge in [0.15, 0.2) is 11.4 Å². The van der Waals surface area contributed by atoms with E-state index in [-0.39, 0.29) is 28.7 Å². The van der Waals surface area contributed by atoms with Gasteiger partial charge in [0.2, 0.25) is 5.75 Å². The van der Waals surface area contributed by atoms with Crippen LogP contribution in [0.15, 0.2) is 15.0 Å². The van der Waals surface area contributed by atoms with Crippen LogP contribution in [0.25, 0.3) is 0 Å². The molecule has 0 aliphatic carbocycles. The maximum atomic E-state index is 12.3. The van der Waals surface area contributed by atoms with E-state index < -0.39 is 5.56 Å². The average molecular weight is 322 g/mol. The van der Waals surface area contributed by atoms with Crippen molar-refractivity contribution in [2.45, 2.75) is 0 Å². The summed E-state index contributed by atoms with van der Waals surface area (Å²) < 4.78 is 7.98. The van der Waals surface area contributed by atoms with Crippen LogP contribution in [0.4, 0.5) is 11.4 Å². The number of rotatable bonds is 1. The molecule has 0 atom stereocenters. The number of aromatic nitrogens is 2. The second-order valence-corrected chi connectivity index (χ2v) is 5.98. The van der Waals surface area contributed by atoms with Crippen LogP contribution < -0.4 is 21.2 Å². The van der Waals surface area contributed by atoms with Crippen molar-refractivity contribution in [2.75, 3.05) is 19.4 Å². The van der Waals surface area contributed by atoms with Gasteiger partial charge in [-0.05, 0) is 0 Å². The van der Waals surface area contributed by atoms with Crippen molar-refractivity contribution in [3.63, 3.8) is 0 Å². The van der Waals surface area contributed by atoms with Crippen molar-refractivity contribution in [3.05, 3.63) is 31.0 Å². The summed E-state index contributed by atoms with van der Waals surface area (Å²) in [7, 11) is 6.24. The summed E-state index contributed by atoms with van der Waals surface area (Å²) in [6.45, 7) is 0. The molecule has 0 spiro atoms. The average Bonchev–Trinajstić information content (AvgIpc) is 2.91. The van der Waals surface area contributed by atoms with E-state index in [9.17, 15) is 14.4 Å². The topological polar surface area (TPSA) is 85.6 Å². The van der Waals surface area contributed by atoms with E-state index in [1.165, 1.54) is 35.0 Å². The lowest BCUT2D eigenvalue weighted by Gasteiger charge is -2.21. The molecule has 116 valence electrons. The van der Waals surface area contributed by atoms with Gasteiger partial charge >= 0.3 is 5.56 Å². The van der Waals surface area contributed by atoms with Gasteiger partial charge in [-0.15, -0.1) is 11.3 Å². The number of nitrogens with one attached hydrogen (secondary N) is 1. The molecule has 8 nitrogen and oxygen atoms in total. The molecule has 0 saturated carbocycles. The van der Waals surface area contributed by atoms with Crippen LogP contribution in [0.1, 0.15) is 9.67 Å². The number of thiophene rings is 1. The lowest BCUT2D eigenvalue weighted by atomic mass is 10.2. The summed E-state index contributed by atoms with van der Waals surface area (Å²) >= 11 is 1.20. The molecule has 1 N–H and O–H groups in total. The Morgan fingerprint density at radius 2 is 1.82 bits per heavy atom. The molecule has 1 amide bonds. The molecule has 2 aromatic heterocycles. The Bertz CT molecular complexity index is 906. The molecule has 0 bridgehead atoms. The number of carbonyl (C=O) groups is 1. The third-order valence-corrected chi connectivity index (χ3v) is 4.43. The highest BCUT2D eigenvalue weighted by atomic mass is 32.1. The Morgan fingerprint density at radius 3 is 2.45 bits per heavy atom. The van der Waals surface area contributed by atoms with Gasteiger partial charge in [-0.1, -0.05) is 0 Å². The highest BCUT2D eigenvalue weighted by molar-refractivity contribution is 7.13. The molecule has 0 unspecified atom stereocenters. The lowest BCUT2D eigenvalue weighted by molar-refractivity contribution is 0.0830. The highest BCUT2D eigenvalue weighted by Crippen LogP contribution is 2.44. The summed E-state index contributed by atoms with van der Waals surface area (Å²) in [6.07, 6.45) is 0. The van der Waals surface area contributed by atoms with E-state index in [0.717, 1.165) is 4.68 Å². The van der Waals surface area contributed by atoms with Crippen LogP contribution in [0, 0.1) is 0 Å². The molecular formula is C13H14N4O4S. The normalized spacial score (nSPS) is 12.0. The second-order valence-electron chi connectivity index (χ2n) is 5.10. The molecule has 3 heterocycles. The summed E-state index contributed by atoms with van der Waals surface area (Å²) in [5.74, 6) is -0.0389. The third-order valence-electron chi connectivity index (χ3n) is 3.48. The Morgan fingerprint density at radius 1 is 1.18 bits per heavy atom. The molecule has 0 fully saturated rings. The van der Waals surface area contributed by atoms with Crippen molar-refractivity contribution in [2.24, 2.45) is 14.1 Å². The van der Waals surface area contributed by atoms with Gasteiger partial charge in [0.05, 0.1) is 5.69 Å². The Labute approximate surface area is 129 Å². The summed E-state index contributed by atoms with van der Waals surface area (Å²) in [4.78, 5) is 38.5. The first-order valence-electron chi connectivity index (χ1n) is 6.41. The first-order valence-corrected chi connectivity index (χ1v) is 7.29. The standard InChI is InChI=1S/C13H14N4O4S/c1-15(2)13(20)10-8-6(5-22-10)14-7-9(21-8)12(19)17(4)16(3)11(7)18/h5,14H,1-4H3. The molecule has 2 aromatic rings. The van der Waals surface area contributed by atoms with Crippen LogP contribution in [0.3, 0.4) is 0 Å². The Balaban J connectivity index is 2.19. The van der Waals surface area contributed by atoms with Gasteiger partial charge < -0.3 is 15.0 Å². The molecule has 9 heteroatoms. The molecular weight excluding hydrogens is 308 g/mol. The van der Waals surface area contributed by atoms with Gasteiger partial charge in [0.1, 0.15) is 4.88 Å². The minimum Gasteiger partial charge on any atom is -0.445 e. The van der Waals surface area contributed by atoms with Crippen molar-refractivity contribution in [1.29, 1.82) is 0 Å². The third kappa shape index (κ3) is 1.86. The maximum absolute atomic E-state index is 12.3. The number of hydrogen-bond acceptors (Lipinski definition) is 6. The van der Waals surface area contributed by atoms with Gasteiger partial charge in [-0.25, -0.2) is 9.36 Å². The maximum Gasteiger partial charge on any atom is 0.310 e. The SMILES string of the molecule is CN(C)C(=O)c1scc2c1Oc1c(c(=O)n(C)n(C)c1=O)N2. The molecule has 1 aliphatic rings. The fourth-order valence-electron chi connectivity index (χ4n) is 2.11. The molecule has 1 aliphatic heterocycles. The van der Waals surface area contributed by atoms with Gasteiger partial charge in [0, 0.05) is 33.6 Å². The van der Waals surface area contributed by atoms with Crippen LogP contribution >= 0.6 is 11.3 Å². The molecule has 0 aromatic carbocycles. The smallest absolute Gasteiger partial charge is 0.310 e. The zero-order valence-electron chi connectivity index (χ0n) is 12.5. The second kappa shape index (κ2) is 4.73. The number of amides is 1. The van der Waals surface area contributed by atoms with E-state index in [4.69, 9.17) is 4.74 Å². The van der Waals surface area contributed by atoms with Gasteiger partial charge in [0.25, 0.3) is 11.5 Å². The fourth-order valence-corrected chi connectivity index (χ4v) is 3.06. The zero-order chi connectivity index (χ0) is 16.2. The molecule has 3 rings (SSSR count). The van der Waals surface area contributed by atoms with E-state index in [0.29, 0.717) is 10.6 Å². The number of fused-ring (bicyclic) bond motifs is 2. The highest BCUT2D eigenvalue weighted by Gasteiger charge is 2.30. The largest absolute Gasteiger partial charge is 0.445 e. The minimum absolute atomic E-state index is 0.0831. The lowest BCUT2D eigenvalue weighted by Crippen LogP contribution is -2.37. The van der Waals surface area contributed by atoms with Crippen molar-refractivity contribution in [3.8, 4) is 11.5 Å². The molecule has 0 radical (unpaired) electrons. The number of nitrogens with zero attached hydrogens (tertiary/aromatic N) is 3. The van der Waals surface area contributed by atoms with Crippen molar-refractivity contribution >= 4 is 28.6 Å². The predicted molar refractivity (Wildman–Crippen MR) is 82.6 cm³/mol. The zero-order valence-corrected chi connectivity index (χ0v) is 13.3. The quantitative estimate of drug-likeness (QED) is 0.713. The number of carbonyl (C=O) groups excluding carboxylic acids is 1. The first kappa shape index (κ1) is 14.4. The molecule has 0 saturated heterocycles. The molecule has 22 heavy (non-hydrogen) atoms. The summed E-state index contributed by atoms with van der Waals surface area (Å²) in [5.41, 5.74) is -0.244. The van der Waals surface area contributed by atoms with E-state index in [1.54, 1.807) is 19.5 Å². The van der Waals surface area contributed by atoms with E-state index in [2.05, 4.69) is 5.32 Å². The van der Waals surface area contributed by atoms with Crippen LogP contribution in [-0.4, -0.2) is 34.3 Å². The minimum atomic E-state index is -0.454. The Kier molecular flexibility index (Phi) is 3.10. The summed E-state index contributed by atoms with van der Waals surface area (Å²) in [5, 5.41) is 4.59. The number of anilines is 2. The van der Waals surface area contributed by atoms with Gasteiger partial charge in [-0.3, -0.25) is 14.4 Å². The van der Waals surface area contributed by atoms with Crippen LogP contribution in [0.2, 0.25) is 0 Å². The first-order chi connectivity index (χ1) is 10.3. The summed E-state index contributed by atoms with van der Waals surface area (Å²) in [6, 6.07) is 0. The van der Waals surface area contributed by atoms with E-state index in [1.807, 2.05) is 0 Å². The van der Waals surface area contributed by atoms with Gasteiger partial charge in [-0.2, -0.15) is 0 Å². The number of ether oxygens (including phenoxy) is 1. The van der Waals surface area contributed by atoms with Crippen LogP contribution in [-0.2, 0) is 14.1 Å². The number of hydrogen-bond donors (Lipinski definition) is 1. The predicted octanol–water partition coefficient (Wildman–Crippen LogP) is 0.697. The van der Waals surface area contributed by atoms with Crippen LogP contribution in [0.5, 0.6) is 11.5 Å². The Hall–Kier alpha value is -2.55.